The molecule has 0 aliphatic carbocycles. The summed E-state index contributed by atoms with van der Waals surface area (Å²) in [5.74, 6) is -1.11. The lowest BCUT2D eigenvalue weighted by molar-refractivity contribution is -0.122. The van der Waals surface area contributed by atoms with Crippen LogP contribution in [0.15, 0.2) is 75.2 Å². The number of para-hydroxylation sites is 1. The highest BCUT2D eigenvalue weighted by molar-refractivity contribution is 9.11. The molecule has 9 nitrogen and oxygen atoms in total. The van der Waals surface area contributed by atoms with Crippen molar-refractivity contribution in [3.63, 3.8) is 0 Å². The highest BCUT2D eigenvalue weighted by atomic mass is 79.9. The van der Waals surface area contributed by atoms with Crippen LogP contribution in [0.25, 0.3) is 6.08 Å². The fraction of sp³-hybridized carbons (Fsp3) is 0.111. The molecule has 1 saturated heterocycles. The van der Waals surface area contributed by atoms with Gasteiger partial charge in [0.05, 0.1) is 31.9 Å². The number of benzene rings is 3. The van der Waals surface area contributed by atoms with E-state index in [4.69, 9.17) is 21.1 Å². The smallest absolute Gasteiger partial charge is 0.335 e. The summed E-state index contributed by atoms with van der Waals surface area (Å²) < 4.78 is 12.0. The van der Waals surface area contributed by atoms with Gasteiger partial charge < -0.3 is 14.8 Å². The molecule has 0 spiro atoms. The van der Waals surface area contributed by atoms with Crippen molar-refractivity contribution in [1.29, 1.82) is 0 Å². The summed E-state index contributed by atoms with van der Waals surface area (Å²) in [5, 5.41) is 5.26. The van der Waals surface area contributed by atoms with Gasteiger partial charge in [-0.3, -0.25) is 19.7 Å². The highest BCUT2D eigenvalue weighted by Gasteiger charge is 2.36. The van der Waals surface area contributed by atoms with Gasteiger partial charge in [0.15, 0.2) is 6.61 Å². The summed E-state index contributed by atoms with van der Waals surface area (Å²) in [6, 6.07) is 15.5. The van der Waals surface area contributed by atoms with Crippen LogP contribution in [0.4, 0.5) is 16.2 Å². The Kier molecular flexibility index (Phi) is 9.05. The third-order valence-corrected chi connectivity index (χ3v) is 6.84. The minimum atomic E-state index is -0.854. The second-order valence-electron chi connectivity index (χ2n) is 8.02. The van der Waals surface area contributed by atoms with E-state index in [9.17, 15) is 19.2 Å². The third-order valence-electron chi connectivity index (χ3n) is 5.33. The Labute approximate surface area is 245 Å². The summed E-state index contributed by atoms with van der Waals surface area (Å²) in [4.78, 5) is 51.4. The SMILES string of the molecule is CCOc1ccc(N2C(=O)NC(=O)/C(=C\c3cc(Br)c(OCC(=O)Nc4ccccc4Cl)c(Br)c3)C2=O)cc1. The average Bonchev–Trinajstić information content (AvgIpc) is 2.88. The van der Waals surface area contributed by atoms with Crippen LogP contribution >= 0.6 is 43.5 Å². The number of carbonyl (C=O) groups is 4. The molecule has 4 rings (SSSR count). The molecule has 0 atom stereocenters. The number of imide groups is 2. The number of rotatable bonds is 8. The zero-order valence-corrected chi connectivity index (χ0v) is 24.2. The zero-order valence-electron chi connectivity index (χ0n) is 20.3. The molecule has 39 heavy (non-hydrogen) atoms. The summed E-state index contributed by atoms with van der Waals surface area (Å²) in [6.45, 7) is 2.00. The van der Waals surface area contributed by atoms with E-state index in [2.05, 4.69) is 42.5 Å². The Balaban J connectivity index is 1.51. The molecule has 1 fully saturated rings. The molecule has 5 amide bonds. The molecule has 3 aromatic rings. The first kappa shape index (κ1) is 28.3. The van der Waals surface area contributed by atoms with E-state index in [-0.39, 0.29) is 17.9 Å². The van der Waals surface area contributed by atoms with E-state index in [1.54, 1.807) is 60.7 Å². The standard InChI is InChI=1S/C27H20Br2ClN3O6/c1-2-38-17-9-7-16(8-10-17)33-26(36)18(25(35)32-27(33)37)11-15-12-19(28)24(20(29)13-15)39-14-23(34)31-22-6-4-3-5-21(22)30/h3-13H,2,14H2,1H3,(H,31,34)(H,32,35,37)/b18-11+. The normalized spacial score (nSPS) is 14.3. The molecule has 1 aliphatic rings. The summed E-state index contributed by atoms with van der Waals surface area (Å²) in [6.07, 6.45) is 1.36. The number of urea groups is 1. The van der Waals surface area contributed by atoms with Crippen LogP contribution in [-0.4, -0.2) is 37.0 Å². The first-order valence-corrected chi connectivity index (χ1v) is 13.4. The summed E-state index contributed by atoms with van der Waals surface area (Å²) in [7, 11) is 0. The maximum atomic E-state index is 13.2. The van der Waals surface area contributed by atoms with E-state index in [1.165, 1.54) is 6.08 Å². The lowest BCUT2D eigenvalue weighted by atomic mass is 10.1. The fourth-order valence-corrected chi connectivity index (χ4v) is 5.24. The van der Waals surface area contributed by atoms with Crippen molar-refractivity contribution in [3.05, 3.63) is 85.8 Å². The zero-order chi connectivity index (χ0) is 28.1. The maximum Gasteiger partial charge on any atom is 0.335 e. The molecule has 1 aliphatic heterocycles. The Morgan fingerprint density at radius 2 is 1.69 bits per heavy atom. The molecule has 0 bridgehead atoms. The van der Waals surface area contributed by atoms with Gasteiger partial charge in [0.2, 0.25) is 0 Å². The second kappa shape index (κ2) is 12.5. The van der Waals surface area contributed by atoms with Gasteiger partial charge >= 0.3 is 6.03 Å². The molecule has 1 heterocycles. The molecule has 0 aromatic heterocycles. The fourth-order valence-electron chi connectivity index (χ4n) is 3.60. The molecule has 200 valence electrons. The molecule has 0 unspecified atom stereocenters. The Hall–Kier alpha value is -3.67. The van der Waals surface area contributed by atoms with Gasteiger partial charge in [0.25, 0.3) is 17.7 Å². The molecule has 3 aromatic carbocycles. The number of halogens is 3. The molecule has 0 radical (unpaired) electrons. The van der Waals surface area contributed by atoms with E-state index in [0.29, 0.717) is 43.3 Å². The molecular formula is C27H20Br2ClN3O6. The number of amides is 5. The predicted molar refractivity (Wildman–Crippen MR) is 154 cm³/mol. The quantitative estimate of drug-likeness (QED) is 0.225. The van der Waals surface area contributed by atoms with Gasteiger partial charge in [-0.25, -0.2) is 9.69 Å². The van der Waals surface area contributed by atoms with Crippen LogP contribution in [0.2, 0.25) is 5.02 Å². The minimum Gasteiger partial charge on any atom is -0.494 e. The lowest BCUT2D eigenvalue weighted by Crippen LogP contribution is -2.54. The number of barbiturate groups is 1. The number of anilines is 2. The lowest BCUT2D eigenvalue weighted by Gasteiger charge is -2.26. The Morgan fingerprint density at radius 1 is 1.03 bits per heavy atom. The number of carbonyl (C=O) groups excluding carboxylic acids is 4. The molecule has 12 heteroatoms. The molecular weight excluding hydrogens is 658 g/mol. The van der Waals surface area contributed by atoms with Crippen LogP contribution in [0.1, 0.15) is 12.5 Å². The van der Waals surface area contributed by atoms with Crippen LogP contribution in [-0.2, 0) is 14.4 Å². The van der Waals surface area contributed by atoms with E-state index in [0.717, 1.165) is 4.90 Å². The van der Waals surface area contributed by atoms with Gasteiger partial charge in [0, 0.05) is 0 Å². The van der Waals surface area contributed by atoms with Crippen molar-refractivity contribution in [2.45, 2.75) is 6.92 Å². The van der Waals surface area contributed by atoms with Crippen molar-refractivity contribution in [3.8, 4) is 11.5 Å². The third kappa shape index (κ3) is 6.67. The Bertz CT molecular complexity index is 1470. The topological polar surface area (TPSA) is 114 Å². The largest absolute Gasteiger partial charge is 0.494 e. The summed E-state index contributed by atoms with van der Waals surface area (Å²) in [5.41, 5.74) is 0.956. The van der Waals surface area contributed by atoms with Crippen LogP contribution < -0.4 is 25.0 Å². The Morgan fingerprint density at radius 3 is 2.33 bits per heavy atom. The van der Waals surface area contributed by atoms with Crippen LogP contribution in [0.3, 0.4) is 0 Å². The van der Waals surface area contributed by atoms with E-state index >= 15 is 0 Å². The number of nitrogens with one attached hydrogen (secondary N) is 2. The molecule has 2 N–H and O–H groups in total. The number of hydrogen-bond acceptors (Lipinski definition) is 6. The van der Waals surface area contributed by atoms with Crippen LogP contribution in [0, 0.1) is 0 Å². The highest BCUT2D eigenvalue weighted by Crippen LogP contribution is 2.36. The van der Waals surface area contributed by atoms with Gasteiger partial charge in [-0.1, -0.05) is 23.7 Å². The van der Waals surface area contributed by atoms with E-state index in [1.807, 2.05) is 6.92 Å². The van der Waals surface area contributed by atoms with Crippen molar-refractivity contribution < 1.29 is 28.7 Å². The van der Waals surface area contributed by atoms with Gasteiger partial charge in [-0.2, -0.15) is 0 Å². The number of nitrogens with zero attached hydrogens (tertiary/aromatic N) is 1. The molecule has 0 saturated carbocycles. The minimum absolute atomic E-state index is 0.241. The van der Waals surface area contributed by atoms with Crippen molar-refractivity contribution >= 4 is 84.7 Å². The average molecular weight is 678 g/mol. The van der Waals surface area contributed by atoms with Crippen molar-refractivity contribution in [1.82, 2.24) is 5.32 Å². The van der Waals surface area contributed by atoms with Crippen molar-refractivity contribution in [2.75, 3.05) is 23.4 Å². The number of hydrogen-bond donors (Lipinski definition) is 2. The van der Waals surface area contributed by atoms with E-state index < -0.39 is 23.8 Å². The van der Waals surface area contributed by atoms with Gasteiger partial charge in [0.1, 0.15) is 17.1 Å². The van der Waals surface area contributed by atoms with Crippen LogP contribution in [0.5, 0.6) is 11.5 Å². The van der Waals surface area contributed by atoms with Gasteiger partial charge in [-0.05, 0) is 99.0 Å². The maximum absolute atomic E-state index is 13.2. The second-order valence-corrected chi connectivity index (χ2v) is 10.1. The van der Waals surface area contributed by atoms with Gasteiger partial charge in [-0.15, -0.1) is 0 Å². The monoisotopic (exact) mass is 675 g/mol. The first-order valence-electron chi connectivity index (χ1n) is 11.5. The number of ether oxygens (including phenoxy) is 2. The predicted octanol–water partition coefficient (Wildman–Crippen LogP) is 5.95. The first-order chi connectivity index (χ1) is 18.7. The van der Waals surface area contributed by atoms with Crippen molar-refractivity contribution in [2.24, 2.45) is 0 Å². The summed E-state index contributed by atoms with van der Waals surface area (Å²) >= 11 is 12.9.